The highest BCUT2D eigenvalue weighted by atomic mass is 16.5. The van der Waals surface area contributed by atoms with Gasteiger partial charge in [0.1, 0.15) is 11.3 Å². The highest BCUT2D eigenvalue weighted by Crippen LogP contribution is 2.25. The smallest absolute Gasteiger partial charge is 0.337 e. The van der Waals surface area contributed by atoms with Crippen LogP contribution < -0.4 is 15.7 Å². The van der Waals surface area contributed by atoms with Gasteiger partial charge in [0.05, 0.1) is 24.8 Å². The molecule has 0 spiro atoms. The van der Waals surface area contributed by atoms with E-state index in [1.807, 2.05) is 40.0 Å². The third-order valence-corrected chi connectivity index (χ3v) is 4.55. The number of amides is 1. The molecule has 148 valence electrons. The van der Waals surface area contributed by atoms with Crippen LogP contribution >= 0.6 is 0 Å². The molecule has 28 heavy (non-hydrogen) atoms. The minimum Gasteiger partial charge on any atom is -0.494 e. The van der Waals surface area contributed by atoms with E-state index in [0.717, 1.165) is 0 Å². The van der Waals surface area contributed by atoms with Crippen LogP contribution in [0.1, 0.15) is 38.1 Å². The molecule has 1 unspecified atom stereocenters. The summed E-state index contributed by atoms with van der Waals surface area (Å²) in [6.07, 6.45) is 3.56. The molecule has 3 rings (SSSR count). The monoisotopic (exact) mass is 383 g/mol. The zero-order valence-corrected chi connectivity index (χ0v) is 16.6. The van der Waals surface area contributed by atoms with Gasteiger partial charge >= 0.3 is 5.63 Å². The van der Waals surface area contributed by atoms with Gasteiger partial charge < -0.3 is 14.5 Å². The Labute approximate surface area is 163 Å². The predicted octanol–water partition coefficient (Wildman–Crippen LogP) is 3.23. The molecule has 0 aliphatic rings. The number of fused-ring (bicyclic) bond motifs is 1. The second-order valence-electron chi connectivity index (χ2n) is 7.69. The Morgan fingerprint density at radius 3 is 2.75 bits per heavy atom. The minimum absolute atomic E-state index is 0.190. The van der Waals surface area contributed by atoms with Crippen molar-refractivity contribution in [2.45, 2.75) is 40.3 Å². The van der Waals surface area contributed by atoms with Crippen molar-refractivity contribution < 1.29 is 13.9 Å². The van der Waals surface area contributed by atoms with Crippen LogP contribution in [0.4, 0.5) is 0 Å². The summed E-state index contributed by atoms with van der Waals surface area (Å²) in [6.45, 7) is 9.04. The van der Waals surface area contributed by atoms with E-state index in [4.69, 9.17) is 9.15 Å². The first kappa shape index (κ1) is 19.7. The third-order valence-electron chi connectivity index (χ3n) is 4.55. The van der Waals surface area contributed by atoms with E-state index in [-0.39, 0.29) is 22.9 Å². The quantitative estimate of drug-likeness (QED) is 0.661. The van der Waals surface area contributed by atoms with Crippen LogP contribution in [0.3, 0.4) is 0 Å². The molecule has 7 heteroatoms. The van der Waals surface area contributed by atoms with Crippen molar-refractivity contribution in [1.82, 2.24) is 15.1 Å². The Bertz CT molecular complexity index is 1020. The summed E-state index contributed by atoms with van der Waals surface area (Å²) in [5, 5.41) is 7.85. The number of rotatable bonds is 6. The number of hydrogen-bond acceptors (Lipinski definition) is 5. The number of nitrogens with zero attached hydrogens (tertiary/aromatic N) is 2. The molecule has 0 aliphatic heterocycles. The molecule has 0 saturated carbocycles. The summed E-state index contributed by atoms with van der Waals surface area (Å²) in [5.41, 5.74) is -0.184. The van der Waals surface area contributed by atoms with Gasteiger partial charge in [-0.05, 0) is 30.5 Å². The maximum atomic E-state index is 13.1. The Hall–Kier alpha value is -3.09. The summed E-state index contributed by atoms with van der Waals surface area (Å²) in [5.74, 6) is 0.260. The average Bonchev–Trinajstić information content (AvgIpc) is 3.12. The number of aromatic nitrogens is 2. The van der Waals surface area contributed by atoms with Crippen molar-refractivity contribution >= 4 is 16.9 Å². The Morgan fingerprint density at radius 1 is 1.32 bits per heavy atom. The lowest BCUT2D eigenvalue weighted by Gasteiger charge is -2.31. The van der Waals surface area contributed by atoms with E-state index < -0.39 is 5.63 Å². The summed E-state index contributed by atoms with van der Waals surface area (Å²) in [6, 6.07) is 8.00. The molecular formula is C21H25N3O4. The van der Waals surface area contributed by atoms with Crippen molar-refractivity contribution in [1.29, 1.82) is 0 Å². The molecule has 0 aliphatic carbocycles. The van der Waals surface area contributed by atoms with Crippen LogP contribution in [0, 0.1) is 5.41 Å². The van der Waals surface area contributed by atoms with E-state index in [1.54, 1.807) is 29.1 Å². The highest BCUT2D eigenvalue weighted by Gasteiger charge is 2.28. The first-order valence-corrected chi connectivity index (χ1v) is 9.27. The van der Waals surface area contributed by atoms with E-state index in [0.29, 0.717) is 29.9 Å². The lowest BCUT2D eigenvalue weighted by Crippen LogP contribution is -2.46. The van der Waals surface area contributed by atoms with E-state index in [1.165, 1.54) is 6.07 Å². The molecule has 0 bridgehead atoms. The van der Waals surface area contributed by atoms with Gasteiger partial charge in [0.25, 0.3) is 5.91 Å². The number of ether oxygens (including phenoxy) is 1. The van der Waals surface area contributed by atoms with E-state index in [9.17, 15) is 9.59 Å². The maximum Gasteiger partial charge on any atom is 0.337 e. The molecule has 7 nitrogen and oxygen atoms in total. The van der Waals surface area contributed by atoms with Gasteiger partial charge in [0.15, 0.2) is 0 Å². The number of carbonyl (C=O) groups is 1. The first-order valence-electron chi connectivity index (χ1n) is 9.27. The largest absolute Gasteiger partial charge is 0.494 e. The molecule has 3 aromatic rings. The van der Waals surface area contributed by atoms with Crippen LogP contribution in [-0.4, -0.2) is 28.3 Å². The normalized spacial score (nSPS) is 12.7. The second-order valence-corrected chi connectivity index (χ2v) is 7.69. The van der Waals surface area contributed by atoms with Gasteiger partial charge in [0.2, 0.25) is 0 Å². The highest BCUT2D eigenvalue weighted by molar-refractivity contribution is 6.05. The number of carbonyl (C=O) groups excluding carboxylic acids is 1. The SMILES string of the molecule is CCOc1ccc2c(C(=O)NC(Cn3cccn3)C(C)(C)C)cc(=O)oc2c1. The molecule has 0 radical (unpaired) electrons. The van der Waals surface area contributed by atoms with Gasteiger partial charge in [-0.1, -0.05) is 20.8 Å². The molecule has 1 atom stereocenters. The van der Waals surface area contributed by atoms with Crippen molar-refractivity contribution in [2.75, 3.05) is 6.61 Å². The van der Waals surface area contributed by atoms with Crippen LogP contribution in [0.25, 0.3) is 11.0 Å². The lowest BCUT2D eigenvalue weighted by molar-refractivity contribution is 0.0891. The molecular weight excluding hydrogens is 358 g/mol. The first-order chi connectivity index (χ1) is 13.3. The summed E-state index contributed by atoms with van der Waals surface area (Å²) >= 11 is 0. The second kappa shape index (κ2) is 7.88. The molecule has 0 saturated heterocycles. The number of hydrogen-bond donors (Lipinski definition) is 1. The van der Waals surface area contributed by atoms with Crippen molar-refractivity contribution in [3.8, 4) is 5.75 Å². The molecule has 0 fully saturated rings. The zero-order chi connectivity index (χ0) is 20.3. The van der Waals surface area contributed by atoms with Gasteiger partial charge in [-0.2, -0.15) is 5.10 Å². The maximum absolute atomic E-state index is 13.1. The predicted molar refractivity (Wildman–Crippen MR) is 107 cm³/mol. The van der Waals surface area contributed by atoms with Gasteiger partial charge in [-0.15, -0.1) is 0 Å². The van der Waals surface area contributed by atoms with Crippen LogP contribution in [0.5, 0.6) is 5.75 Å². The van der Waals surface area contributed by atoms with E-state index >= 15 is 0 Å². The third kappa shape index (κ3) is 4.42. The Balaban J connectivity index is 1.94. The fourth-order valence-corrected chi connectivity index (χ4v) is 2.95. The fraction of sp³-hybridized carbons (Fsp3) is 0.381. The lowest BCUT2D eigenvalue weighted by atomic mass is 9.86. The topological polar surface area (TPSA) is 86.4 Å². The zero-order valence-electron chi connectivity index (χ0n) is 16.6. The minimum atomic E-state index is -0.578. The Kier molecular flexibility index (Phi) is 5.53. The molecule has 1 amide bonds. The number of nitrogens with one attached hydrogen (secondary N) is 1. The summed E-state index contributed by atoms with van der Waals surface area (Å²) in [7, 11) is 0. The Morgan fingerprint density at radius 2 is 2.11 bits per heavy atom. The van der Waals surface area contributed by atoms with Crippen molar-refractivity contribution in [2.24, 2.45) is 5.41 Å². The van der Waals surface area contributed by atoms with Gasteiger partial charge in [0, 0.05) is 29.9 Å². The van der Waals surface area contributed by atoms with Crippen LogP contribution in [0.2, 0.25) is 0 Å². The molecule has 1 N–H and O–H groups in total. The fourth-order valence-electron chi connectivity index (χ4n) is 2.95. The standard InChI is InChI=1S/C21H25N3O4/c1-5-27-14-7-8-15-16(12-19(25)28-17(15)11-14)20(26)23-18(21(2,3)4)13-24-10-6-9-22-24/h6-12,18H,5,13H2,1-4H3,(H,23,26). The summed E-state index contributed by atoms with van der Waals surface area (Å²) in [4.78, 5) is 25.1. The van der Waals surface area contributed by atoms with Gasteiger partial charge in [-0.3, -0.25) is 9.48 Å². The van der Waals surface area contributed by atoms with Crippen molar-refractivity contribution in [3.63, 3.8) is 0 Å². The van der Waals surface area contributed by atoms with E-state index in [2.05, 4.69) is 10.4 Å². The summed E-state index contributed by atoms with van der Waals surface area (Å²) < 4.78 is 12.5. The van der Waals surface area contributed by atoms with Crippen molar-refractivity contribution in [3.05, 3.63) is 58.7 Å². The molecule has 2 aromatic heterocycles. The van der Waals surface area contributed by atoms with Crippen LogP contribution in [-0.2, 0) is 6.54 Å². The van der Waals surface area contributed by atoms with Crippen LogP contribution in [0.15, 0.2) is 51.9 Å². The molecule has 2 heterocycles. The number of benzene rings is 1. The average molecular weight is 383 g/mol. The molecule has 1 aromatic carbocycles. The van der Waals surface area contributed by atoms with Gasteiger partial charge in [-0.25, -0.2) is 4.79 Å².